The minimum atomic E-state index is -0.380. The Morgan fingerprint density at radius 2 is 2.10 bits per heavy atom. The van der Waals surface area contributed by atoms with Gasteiger partial charge in [-0.05, 0) is 31.7 Å². The van der Waals surface area contributed by atoms with E-state index in [2.05, 4.69) is 10.6 Å². The van der Waals surface area contributed by atoms with Crippen molar-refractivity contribution in [1.29, 1.82) is 0 Å². The van der Waals surface area contributed by atoms with E-state index in [9.17, 15) is 9.18 Å². The molecule has 1 amide bonds. The molecule has 3 rings (SSSR count). The Hall–Kier alpha value is -2.40. The second-order valence-electron chi connectivity index (χ2n) is 4.95. The van der Waals surface area contributed by atoms with Crippen molar-refractivity contribution in [2.75, 3.05) is 12.4 Å². The van der Waals surface area contributed by atoms with Crippen LogP contribution in [0.5, 0.6) is 11.5 Å². The fourth-order valence-electron chi connectivity index (χ4n) is 2.42. The molecular formula is C16H15FN2O2. The van der Waals surface area contributed by atoms with Crippen molar-refractivity contribution in [3.05, 3.63) is 53.3 Å². The summed E-state index contributed by atoms with van der Waals surface area (Å²) in [6.45, 7) is 1.68. The zero-order valence-corrected chi connectivity index (χ0v) is 11.7. The lowest BCUT2D eigenvalue weighted by Gasteiger charge is -2.10. The van der Waals surface area contributed by atoms with Crippen molar-refractivity contribution < 1.29 is 13.9 Å². The molecule has 0 saturated carbocycles. The van der Waals surface area contributed by atoms with Crippen molar-refractivity contribution in [3.8, 4) is 11.5 Å². The van der Waals surface area contributed by atoms with Crippen LogP contribution in [0.3, 0.4) is 0 Å². The number of carbonyl (C=O) groups is 1. The molecule has 0 bridgehead atoms. The van der Waals surface area contributed by atoms with Crippen LogP contribution in [0.15, 0.2) is 36.4 Å². The van der Waals surface area contributed by atoms with Crippen molar-refractivity contribution in [3.63, 3.8) is 0 Å². The number of benzene rings is 2. The van der Waals surface area contributed by atoms with Crippen LogP contribution in [0.25, 0.3) is 0 Å². The molecule has 1 aliphatic rings. The van der Waals surface area contributed by atoms with E-state index in [0.717, 1.165) is 5.56 Å². The lowest BCUT2D eigenvalue weighted by atomic mass is 10.1. The van der Waals surface area contributed by atoms with Gasteiger partial charge in [-0.2, -0.15) is 0 Å². The first kappa shape index (κ1) is 13.6. The molecule has 1 aliphatic heterocycles. The number of nitrogens with one attached hydrogen (secondary N) is 2. The zero-order chi connectivity index (χ0) is 15.0. The van der Waals surface area contributed by atoms with E-state index in [1.54, 1.807) is 50.4 Å². The van der Waals surface area contributed by atoms with Crippen LogP contribution < -0.4 is 15.4 Å². The van der Waals surface area contributed by atoms with Gasteiger partial charge in [-0.3, -0.25) is 4.79 Å². The van der Waals surface area contributed by atoms with E-state index in [4.69, 9.17) is 4.74 Å². The smallest absolute Gasteiger partial charge is 0.246 e. The Balaban J connectivity index is 1.91. The number of rotatable bonds is 3. The first-order valence-electron chi connectivity index (χ1n) is 6.65. The van der Waals surface area contributed by atoms with Crippen molar-refractivity contribution >= 4 is 11.6 Å². The van der Waals surface area contributed by atoms with E-state index in [-0.39, 0.29) is 23.5 Å². The molecule has 0 fully saturated rings. The Morgan fingerprint density at radius 1 is 1.29 bits per heavy atom. The number of hydrogen-bond acceptors (Lipinski definition) is 3. The van der Waals surface area contributed by atoms with Gasteiger partial charge in [0.1, 0.15) is 11.8 Å². The van der Waals surface area contributed by atoms with Crippen LogP contribution in [0.1, 0.15) is 17.2 Å². The van der Waals surface area contributed by atoms with Gasteiger partial charge in [-0.1, -0.05) is 18.2 Å². The summed E-state index contributed by atoms with van der Waals surface area (Å²) in [4.78, 5) is 11.8. The molecule has 4 nitrogen and oxygen atoms in total. The van der Waals surface area contributed by atoms with Crippen LogP contribution in [0.2, 0.25) is 0 Å². The number of fused-ring (bicyclic) bond motifs is 1. The summed E-state index contributed by atoms with van der Waals surface area (Å²) in [5.74, 6) is 0.168. The predicted octanol–water partition coefficient (Wildman–Crippen LogP) is 3.14. The molecule has 21 heavy (non-hydrogen) atoms. The Bertz CT molecular complexity index is 715. The lowest BCUT2D eigenvalue weighted by molar-refractivity contribution is -0.117. The first-order chi connectivity index (χ1) is 10.1. The van der Waals surface area contributed by atoms with Gasteiger partial charge in [-0.25, -0.2) is 4.39 Å². The van der Waals surface area contributed by atoms with Gasteiger partial charge in [0.15, 0.2) is 11.6 Å². The normalized spacial score (nSPS) is 16.5. The molecule has 0 spiro atoms. The molecule has 2 N–H and O–H groups in total. The Labute approximate surface area is 121 Å². The highest BCUT2D eigenvalue weighted by atomic mass is 19.1. The number of carbonyl (C=O) groups excluding carboxylic acids is 1. The second-order valence-corrected chi connectivity index (χ2v) is 4.95. The summed E-state index contributed by atoms with van der Waals surface area (Å²) in [6.07, 6.45) is 0. The summed E-state index contributed by atoms with van der Waals surface area (Å²) >= 11 is 0. The molecule has 108 valence electrons. The highest BCUT2D eigenvalue weighted by Gasteiger charge is 2.29. The molecule has 5 heteroatoms. The average molecular weight is 286 g/mol. The maximum Gasteiger partial charge on any atom is 0.246 e. The monoisotopic (exact) mass is 286 g/mol. The standard InChI is InChI=1S/C16H15FN2O2/c1-9-4-3-5-13(14(9)17)21-10-6-7-11-12(8-10)19-16(20)15(11)18-2/h3-8,15,18H,1-2H3,(H,19,20). The molecule has 2 aromatic rings. The number of anilines is 1. The zero-order valence-electron chi connectivity index (χ0n) is 11.7. The fourth-order valence-corrected chi connectivity index (χ4v) is 2.42. The molecule has 2 aromatic carbocycles. The minimum absolute atomic E-state index is 0.105. The molecule has 0 saturated heterocycles. The average Bonchev–Trinajstić information content (AvgIpc) is 2.78. The van der Waals surface area contributed by atoms with Crippen molar-refractivity contribution in [2.24, 2.45) is 0 Å². The lowest BCUT2D eigenvalue weighted by Crippen LogP contribution is -2.23. The van der Waals surface area contributed by atoms with Gasteiger partial charge in [0.25, 0.3) is 0 Å². The topological polar surface area (TPSA) is 50.4 Å². The molecule has 1 unspecified atom stereocenters. The number of aryl methyl sites for hydroxylation is 1. The highest BCUT2D eigenvalue weighted by Crippen LogP contribution is 2.35. The fraction of sp³-hybridized carbons (Fsp3) is 0.188. The van der Waals surface area contributed by atoms with Crippen LogP contribution in [-0.2, 0) is 4.79 Å². The van der Waals surface area contributed by atoms with Gasteiger partial charge in [0.2, 0.25) is 5.91 Å². The summed E-state index contributed by atoms with van der Waals surface area (Å²) in [5.41, 5.74) is 2.07. The molecular weight excluding hydrogens is 271 g/mol. The van der Waals surface area contributed by atoms with Gasteiger partial charge >= 0.3 is 0 Å². The minimum Gasteiger partial charge on any atom is -0.454 e. The second kappa shape index (κ2) is 5.18. The highest BCUT2D eigenvalue weighted by molar-refractivity contribution is 6.02. The molecule has 1 atom stereocenters. The number of halogens is 1. The van der Waals surface area contributed by atoms with Gasteiger partial charge in [0, 0.05) is 17.3 Å². The number of ether oxygens (including phenoxy) is 1. The van der Waals surface area contributed by atoms with E-state index in [0.29, 0.717) is 17.0 Å². The largest absolute Gasteiger partial charge is 0.454 e. The van der Waals surface area contributed by atoms with E-state index >= 15 is 0 Å². The van der Waals surface area contributed by atoms with Gasteiger partial charge < -0.3 is 15.4 Å². The van der Waals surface area contributed by atoms with Gasteiger partial charge in [0.05, 0.1) is 0 Å². The number of hydrogen-bond donors (Lipinski definition) is 2. The SMILES string of the molecule is CNC1C(=O)Nc2cc(Oc3cccc(C)c3F)ccc21. The summed E-state index contributed by atoms with van der Waals surface area (Å²) in [7, 11) is 1.73. The van der Waals surface area contributed by atoms with Crippen LogP contribution in [-0.4, -0.2) is 13.0 Å². The van der Waals surface area contributed by atoms with E-state index < -0.39 is 0 Å². The molecule has 0 aromatic heterocycles. The number of likely N-dealkylation sites (N-methyl/N-ethyl adjacent to an activating group) is 1. The van der Waals surface area contributed by atoms with Crippen LogP contribution in [0.4, 0.5) is 10.1 Å². The van der Waals surface area contributed by atoms with Crippen LogP contribution >= 0.6 is 0 Å². The Morgan fingerprint density at radius 3 is 2.86 bits per heavy atom. The third-order valence-corrected chi connectivity index (χ3v) is 3.53. The summed E-state index contributed by atoms with van der Waals surface area (Å²) < 4.78 is 19.5. The third-order valence-electron chi connectivity index (χ3n) is 3.53. The maximum absolute atomic E-state index is 13.9. The van der Waals surface area contributed by atoms with Gasteiger partial charge in [-0.15, -0.1) is 0 Å². The third kappa shape index (κ3) is 2.36. The quantitative estimate of drug-likeness (QED) is 0.911. The molecule has 0 aliphatic carbocycles. The maximum atomic E-state index is 13.9. The first-order valence-corrected chi connectivity index (χ1v) is 6.65. The van der Waals surface area contributed by atoms with Crippen molar-refractivity contribution in [2.45, 2.75) is 13.0 Å². The molecule has 0 radical (unpaired) electrons. The summed E-state index contributed by atoms with van der Waals surface area (Å²) in [6, 6.07) is 9.87. The van der Waals surface area contributed by atoms with E-state index in [1.807, 2.05) is 0 Å². The van der Waals surface area contributed by atoms with Crippen LogP contribution in [0, 0.1) is 12.7 Å². The Kier molecular flexibility index (Phi) is 3.35. The number of amides is 1. The van der Waals surface area contributed by atoms with E-state index in [1.165, 1.54) is 0 Å². The predicted molar refractivity (Wildman–Crippen MR) is 78.1 cm³/mol. The summed E-state index contributed by atoms with van der Waals surface area (Å²) in [5, 5.41) is 5.72. The molecule has 1 heterocycles. The van der Waals surface area contributed by atoms with Crippen molar-refractivity contribution in [1.82, 2.24) is 5.32 Å².